The summed E-state index contributed by atoms with van der Waals surface area (Å²) >= 11 is 0. The number of amides is 1. The average Bonchev–Trinajstić information content (AvgIpc) is 2.75. The van der Waals surface area contributed by atoms with Gasteiger partial charge in [0.1, 0.15) is 17.5 Å². The third-order valence-corrected chi connectivity index (χ3v) is 4.91. The van der Waals surface area contributed by atoms with E-state index in [1.54, 1.807) is 19.2 Å². The minimum atomic E-state index is -0.329. The van der Waals surface area contributed by atoms with Gasteiger partial charge in [-0.15, -0.1) is 0 Å². The summed E-state index contributed by atoms with van der Waals surface area (Å²) in [6, 6.07) is 16.9. The van der Waals surface area contributed by atoms with Crippen LogP contribution >= 0.6 is 0 Å². The maximum absolute atomic E-state index is 12.8. The fourth-order valence-electron chi connectivity index (χ4n) is 3.40. The van der Waals surface area contributed by atoms with E-state index in [1.165, 1.54) is 0 Å². The topological polar surface area (TPSA) is 65.8 Å². The number of hydrogen-bond acceptors (Lipinski definition) is 5. The molecule has 0 saturated carbocycles. The number of carbonyl (C=O) groups is 1. The zero-order chi connectivity index (χ0) is 19.9. The van der Waals surface area contributed by atoms with Gasteiger partial charge in [0.25, 0.3) is 5.91 Å². The quantitative estimate of drug-likeness (QED) is 0.772. The Morgan fingerprint density at radius 2 is 1.82 bits per heavy atom. The lowest BCUT2D eigenvalue weighted by Crippen LogP contribution is -2.49. The van der Waals surface area contributed by atoms with E-state index in [1.807, 2.05) is 48.2 Å². The van der Waals surface area contributed by atoms with Crippen LogP contribution in [0.15, 0.2) is 48.5 Å². The summed E-state index contributed by atoms with van der Waals surface area (Å²) in [6.45, 7) is 5.04. The lowest BCUT2D eigenvalue weighted by Gasteiger charge is -2.37. The fraction of sp³-hybridized carbons (Fsp3) is 0.364. The van der Waals surface area contributed by atoms with E-state index in [0.29, 0.717) is 44.1 Å². The van der Waals surface area contributed by atoms with Crippen molar-refractivity contribution in [2.75, 3.05) is 39.9 Å². The molecule has 0 radical (unpaired) electrons. The maximum Gasteiger partial charge on any atom is 0.254 e. The molecule has 1 heterocycles. The van der Waals surface area contributed by atoms with E-state index in [-0.39, 0.29) is 11.9 Å². The van der Waals surface area contributed by atoms with Crippen molar-refractivity contribution in [3.05, 3.63) is 59.7 Å². The highest BCUT2D eigenvalue weighted by Crippen LogP contribution is 2.24. The molecule has 146 valence electrons. The molecule has 0 spiro atoms. The van der Waals surface area contributed by atoms with Crippen LogP contribution in [0, 0.1) is 11.3 Å². The molecule has 2 aromatic rings. The molecular formula is C22H25N3O3. The van der Waals surface area contributed by atoms with Crippen LogP contribution in [-0.2, 0) is 0 Å². The lowest BCUT2D eigenvalue weighted by atomic mass is 10.1. The maximum atomic E-state index is 12.8. The molecule has 0 N–H and O–H groups in total. The summed E-state index contributed by atoms with van der Waals surface area (Å²) in [5, 5.41) is 9.70. The standard InChI is InChI=1S/C22H25N3O3/c1-3-28-19-9-7-17(8-10-19)21(16-23)24-11-13-25(14-12-24)22(26)18-5-4-6-20(15-18)27-2/h4-10,15,21H,3,11-14H2,1-2H3. The monoisotopic (exact) mass is 379 g/mol. The predicted molar refractivity (Wildman–Crippen MR) is 106 cm³/mol. The van der Waals surface area contributed by atoms with Crippen molar-refractivity contribution in [1.29, 1.82) is 5.26 Å². The van der Waals surface area contributed by atoms with Crippen molar-refractivity contribution in [1.82, 2.24) is 9.80 Å². The molecule has 3 rings (SSSR count). The highest BCUT2D eigenvalue weighted by Gasteiger charge is 2.27. The smallest absolute Gasteiger partial charge is 0.254 e. The van der Waals surface area contributed by atoms with Crippen molar-refractivity contribution in [3.8, 4) is 17.6 Å². The average molecular weight is 379 g/mol. The number of piperazine rings is 1. The Bertz CT molecular complexity index is 837. The summed E-state index contributed by atoms with van der Waals surface area (Å²) in [7, 11) is 1.59. The molecule has 6 nitrogen and oxygen atoms in total. The molecular weight excluding hydrogens is 354 g/mol. The van der Waals surface area contributed by atoms with Gasteiger partial charge in [-0.05, 0) is 42.8 Å². The number of hydrogen-bond donors (Lipinski definition) is 0. The SMILES string of the molecule is CCOc1ccc(C(C#N)N2CCN(C(=O)c3cccc(OC)c3)CC2)cc1. The second kappa shape index (κ2) is 9.25. The Morgan fingerprint density at radius 1 is 1.11 bits per heavy atom. The number of benzene rings is 2. The minimum Gasteiger partial charge on any atom is -0.497 e. The summed E-state index contributed by atoms with van der Waals surface area (Å²) in [4.78, 5) is 16.7. The molecule has 1 aliphatic rings. The van der Waals surface area contributed by atoms with Crippen LogP contribution in [0.4, 0.5) is 0 Å². The van der Waals surface area contributed by atoms with Crippen LogP contribution in [0.25, 0.3) is 0 Å². The fourth-order valence-corrected chi connectivity index (χ4v) is 3.40. The molecule has 1 unspecified atom stereocenters. The molecule has 1 fully saturated rings. The molecule has 1 atom stereocenters. The lowest BCUT2D eigenvalue weighted by molar-refractivity contribution is 0.0606. The Balaban J connectivity index is 1.63. The molecule has 0 aromatic heterocycles. The summed E-state index contributed by atoms with van der Waals surface area (Å²) in [5.74, 6) is 1.47. The molecule has 1 aliphatic heterocycles. The second-order valence-electron chi connectivity index (χ2n) is 6.59. The van der Waals surface area contributed by atoms with Gasteiger partial charge in [-0.25, -0.2) is 0 Å². The molecule has 6 heteroatoms. The largest absolute Gasteiger partial charge is 0.497 e. The van der Waals surface area contributed by atoms with Crippen molar-refractivity contribution in [2.45, 2.75) is 13.0 Å². The summed E-state index contributed by atoms with van der Waals surface area (Å²) in [6.07, 6.45) is 0. The molecule has 1 saturated heterocycles. The normalized spacial score (nSPS) is 15.5. The molecule has 28 heavy (non-hydrogen) atoms. The van der Waals surface area contributed by atoms with E-state index >= 15 is 0 Å². The Kier molecular flexibility index (Phi) is 6.51. The predicted octanol–water partition coefficient (Wildman–Crippen LogP) is 3.12. The number of methoxy groups -OCH3 is 1. The van der Waals surface area contributed by atoms with Crippen LogP contribution in [0.5, 0.6) is 11.5 Å². The van der Waals surface area contributed by atoms with Gasteiger partial charge in [0.2, 0.25) is 0 Å². The van der Waals surface area contributed by atoms with Gasteiger partial charge >= 0.3 is 0 Å². The molecule has 0 aliphatic carbocycles. The highest BCUT2D eigenvalue weighted by molar-refractivity contribution is 5.94. The zero-order valence-corrected chi connectivity index (χ0v) is 16.3. The van der Waals surface area contributed by atoms with Crippen LogP contribution in [0.2, 0.25) is 0 Å². The Hall–Kier alpha value is -3.04. The highest BCUT2D eigenvalue weighted by atomic mass is 16.5. The van der Waals surface area contributed by atoms with E-state index < -0.39 is 0 Å². The molecule has 2 aromatic carbocycles. The van der Waals surface area contributed by atoms with Crippen molar-refractivity contribution < 1.29 is 14.3 Å². The van der Waals surface area contributed by atoms with Gasteiger partial charge in [0, 0.05) is 31.7 Å². The van der Waals surface area contributed by atoms with Gasteiger partial charge < -0.3 is 14.4 Å². The minimum absolute atomic E-state index is 0.00637. The van der Waals surface area contributed by atoms with Crippen LogP contribution < -0.4 is 9.47 Å². The number of ether oxygens (including phenoxy) is 2. The van der Waals surface area contributed by atoms with Crippen molar-refractivity contribution >= 4 is 5.91 Å². The van der Waals surface area contributed by atoms with Crippen molar-refractivity contribution in [3.63, 3.8) is 0 Å². The Labute approximate surface area is 165 Å². The summed E-state index contributed by atoms with van der Waals surface area (Å²) in [5.41, 5.74) is 1.56. The molecule has 1 amide bonds. The van der Waals surface area contributed by atoms with E-state index in [9.17, 15) is 10.1 Å². The van der Waals surface area contributed by atoms with Crippen LogP contribution in [0.3, 0.4) is 0 Å². The van der Waals surface area contributed by atoms with Crippen molar-refractivity contribution in [2.24, 2.45) is 0 Å². The number of carbonyl (C=O) groups excluding carboxylic acids is 1. The van der Waals surface area contributed by atoms with Gasteiger partial charge in [0.15, 0.2) is 0 Å². The van der Waals surface area contributed by atoms with E-state index in [4.69, 9.17) is 9.47 Å². The number of rotatable bonds is 6. The van der Waals surface area contributed by atoms with Gasteiger partial charge in [-0.2, -0.15) is 5.26 Å². The summed E-state index contributed by atoms with van der Waals surface area (Å²) < 4.78 is 10.7. The van der Waals surface area contributed by atoms with Crippen LogP contribution in [-0.4, -0.2) is 55.6 Å². The first-order chi connectivity index (χ1) is 13.7. The van der Waals surface area contributed by atoms with E-state index in [0.717, 1.165) is 11.3 Å². The van der Waals surface area contributed by atoms with Gasteiger partial charge in [0.05, 0.1) is 19.8 Å². The van der Waals surface area contributed by atoms with E-state index in [2.05, 4.69) is 11.0 Å². The van der Waals surface area contributed by atoms with Crippen LogP contribution in [0.1, 0.15) is 28.9 Å². The zero-order valence-electron chi connectivity index (χ0n) is 16.3. The molecule has 0 bridgehead atoms. The third-order valence-electron chi connectivity index (χ3n) is 4.91. The first-order valence-corrected chi connectivity index (χ1v) is 9.46. The van der Waals surface area contributed by atoms with Gasteiger partial charge in [-0.1, -0.05) is 18.2 Å². The van der Waals surface area contributed by atoms with Gasteiger partial charge in [-0.3, -0.25) is 9.69 Å². The number of nitriles is 1. The first kappa shape index (κ1) is 19.7. The third kappa shape index (κ3) is 4.44. The number of nitrogens with zero attached hydrogens (tertiary/aromatic N) is 3. The first-order valence-electron chi connectivity index (χ1n) is 9.46. The second-order valence-corrected chi connectivity index (χ2v) is 6.59. The Morgan fingerprint density at radius 3 is 2.43 bits per heavy atom.